The molecule has 0 atom stereocenters. The third-order valence-corrected chi connectivity index (χ3v) is 6.23. The van der Waals surface area contributed by atoms with Crippen molar-refractivity contribution in [3.63, 3.8) is 0 Å². The van der Waals surface area contributed by atoms with Crippen molar-refractivity contribution in [3.8, 4) is 5.75 Å². The molecule has 3 rings (SSSR count). The molecule has 31 heavy (non-hydrogen) atoms. The maximum Gasteiger partial charge on any atom is 0.262 e. The molecule has 1 amide bonds. The molecule has 0 unspecified atom stereocenters. The van der Waals surface area contributed by atoms with Crippen LogP contribution in [0.1, 0.15) is 10.4 Å². The van der Waals surface area contributed by atoms with Gasteiger partial charge in [-0.15, -0.1) is 0 Å². The Kier molecular flexibility index (Phi) is 6.96. The summed E-state index contributed by atoms with van der Waals surface area (Å²) >= 11 is 17.7. The number of benzene rings is 3. The third-order valence-electron chi connectivity index (χ3n) is 4.08. The molecule has 0 bridgehead atoms. The van der Waals surface area contributed by atoms with E-state index in [1.165, 1.54) is 43.5 Å². The van der Waals surface area contributed by atoms with Crippen molar-refractivity contribution < 1.29 is 22.3 Å². The summed E-state index contributed by atoms with van der Waals surface area (Å²) < 4.78 is 47.3. The Bertz CT molecular complexity index is 1270. The molecule has 11 heteroatoms. The number of anilines is 2. The van der Waals surface area contributed by atoms with E-state index in [0.29, 0.717) is 5.02 Å². The molecule has 0 aliphatic rings. The number of amides is 1. The summed E-state index contributed by atoms with van der Waals surface area (Å²) in [5.41, 5.74) is -0.0580. The highest BCUT2D eigenvalue weighted by Crippen LogP contribution is 2.30. The molecule has 162 valence electrons. The van der Waals surface area contributed by atoms with Crippen molar-refractivity contribution >= 4 is 62.1 Å². The lowest BCUT2D eigenvalue weighted by atomic mass is 10.2. The normalized spacial score (nSPS) is 11.1. The summed E-state index contributed by atoms with van der Waals surface area (Å²) in [5, 5.41) is 3.05. The first kappa shape index (κ1) is 23.1. The van der Waals surface area contributed by atoms with Crippen LogP contribution in [-0.2, 0) is 10.0 Å². The fraction of sp³-hybridized carbons (Fsp3) is 0.0500. The van der Waals surface area contributed by atoms with Crippen LogP contribution in [0.25, 0.3) is 0 Å². The maximum atomic E-state index is 14.6. The van der Waals surface area contributed by atoms with Gasteiger partial charge in [-0.2, -0.15) is 0 Å². The number of ether oxygens (including phenoxy) is 1. The Morgan fingerprint density at radius 1 is 0.935 bits per heavy atom. The van der Waals surface area contributed by atoms with Crippen LogP contribution in [0.3, 0.4) is 0 Å². The van der Waals surface area contributed by atoms with E-state index in [1.54, 1.807) is 0 Å². The van der Waals surface area contributed by atoms with Crippen molar-refractivity contribution in [2.75, 3.05) is 17.1 Å². The van der Waals surface area contributed by atoms with Crippen LogP contribution in [-0.4, -0.2) is 21.4 Å². The maximum absolute atomic E-state index is 14.6. The zero-order valence-electron chi connectivity index (χ0n) is 15.7. The minimum absolute atomic E-state index is 0.0804. The molecule has 0 fully saturated rings. The van der Waals surface area contributed by atoms with E-state index in [0.717, 1.165) is 18.2 Å². The van der Waals surface area contributed by atoms with E-state index in [9.17, 15) is 17.6 Å². The van der Waals surface area contributed by atoms with Crippen molar-refractivity contribution in [2.24, 2.45) is 0 Å². The topological polar surface area (TPSA) is 84.5 Å². The molecule has 0 aliphatic heterocycles. The molecular formula is C20H14Cl3FN2O4S. The fourth-order valence-corrected chi connectivity index (χ4v) is 4.33. The minimum Gasteiger partial charge on any atom is -0.495 e. The molecule has 3 aromatic rings. The predicted molar refractivity (Wildman–Crippen MR) is 120 cm³/mol. The van der Waals surface area contributed by atoms with Crippen LogP contribution < -0.4 is 14.8 Å². The Hall–Kier alpha value is -2.52. The first-order valence-corrected chi connectivity index (χ1v) is 11.1. The van der Waals surface area contributed by atoms with Gasteiger partial charge in [-0.05, 0) is 54.6 Å². The number of rotatable bonds is 6. The summed E-state index contributed by atoms with van der Waals surface area (Å²) in [5.74, 6) is -1.41. The molecule has 0 saturated carbocycles. The highest BCUT2D eigenvalue weighted by molar-refractivity contribution is 7.92. The van der Waals surface area contributed by atoms with Crippen molar-refractivity contribution in [1.82, 2.24) is 0 Å². The van der Waals surface area contributed by atoms with Gasteiger partial charge in [0.15, 0.2) is 0 Å². The van der Waals surface area contributed by atoms with Gasteiger partial charge in [0.2, 0.25) is 0 Å². The summed E-state index contributed by atoms with van der Waals surface area (Å²) in [6.45, 7) is 0. The number of methoxy groups -OCH3 is 1. The van der Waals surface area contributed by atoms with Gasteiger partial charge < -0.3 is 10.1 Å². The predicted octanol–water partition coefficient (Wildman–Crippen LogP) is 5.85. The largest absolute Gasteiger partial charge is 0.495 e. The lowest BCUT2D eigenvalue weighted by molar-refractivity contribution is 0.102. The second kappa shape index (κ2) is 9.32. The van der Waals surface area contributed by atoms with Crippen LogP contribution in [0.2, 0.25) is 15.1 Å². The third kappa shape index (κ3) is 5.40. The highest BCUT2D eigenvalue weighted by Gasteiger charge is 2.20. The molecule has 2 N–H and O–H groups in total. The molecular weight excluding hydrogens is 490 g/mol. The van der Waals surface area contributed by atoms with Gasteiger partial charge in [-0.3, -0.25) is 9.52 Å². The number of nitrogens with one attached hydrogen (secondary N) is 2. The number of carbonyl (C=O) groups excluding carboxylic acids is 1. The van der Waals surface area contributed by atoms with Gasteiger partial charge in [-0.25, -0.2) is 12.8 Å². The summed E-state index contributed by atoms with van der Waals surface area (Å²) in [4.78, 5) is 12.0. The van der Waals surface area contributed by atoms with E-state index in [2.05, 4.69) is 10.0 Å². The van der Waals surface area contributed by atoms with Crippen LogP contribution in [0.15, 0.2) is 59.5 Å². The Balaban J connectivity index is 1.84. The van der Waals surface area contributed by atoms with Crippen molar-refractivity contribution in [1.29, 1.82) is 0 Å². The fourth-order valence-electron chi connectivity index (χ4n) is 2.59. The molecule has 0 aliphatic carbocycles. The van der Waals surface area contributed by atoms with Crippen molar-refractivity contribution in [2.45, 2.75) is 4.90 Å². The van der Waals surface area contributed by atoms with E-state index in [1.807, 2.05) is 0 Å². The smallest absolute Gasteiger partial charge is 0.262 e. The number of halogens is 4. The lowest BCUT2D eigenvalue weighted by Crippen LogP contribution is -2.16. The standard InChI is InChI=1S/C20H14Cl3FN2O4S/c1-30-19-7-3-12(22)9-18(19)26-31(28,29)13-4-6-17(16(24)10-13)25-20(27)14-5-2-11(21)8-15(14)23/h2-10,26H,1H3,(H,25,27). The minimum atomic E-state index is -4.17. The summed E-state index contributed by atoms with van der Waals surface area (Å²) in [7, 11) is -2.80. The average Bonchev–Trinajstić information content (AvgIpc) is 2.69. The van der Waals surface area contributed by atoms with Crippen molar-refractivity contribution in [3.05, 3.63) is 81.0 Å². The zero-order chi connectivity index (χ0) is 22.8. The number of hydrogen-bond donors (Lipinski definition) is 2. The second-order valence-corrected chi connectivity index (χ2v) is 9.13. The average molecular weight is 504 g/mol. The molecule has 0 heterocycles. The van der Waals surface area contributed by atoms with E-state index in [4.69, 9.17) is 39.5 Å². The number of sulfonamides is 1. The monoisotopic (exact) mass is 502 g/mol. The molecule has 0 saturated heterocycles. The highest BCUT2D eigenvalue weighted by atomic mass is 35.5. The quantitative estimate of drug-likeness (QED) is 0.442. The van der Waals surface area contributed by atoms with Gasteiger partial charge >= 0.3 is 0 Å². The number of carbonyl (C=O) groups is 1. The Morgan fingerprint density at radius 2 is 1.61 bits per heavy atom. The Morgan fingerprint density at radius 3 is 2.26 bits per heavy atom. The van der Waals surface area contributed by atoms with Crippen LogP contribution in [0.4, 0.5) is 15.8 Å². The van der Waals surface area contributed by atoms with E-state index < -0.39 is 21.7 Å². The molecule has 0 radical (unpaired) electrons. The van der Waals surface area contributed by atoms with Crippen LogP contribution >= 0.6 is 34.8 Å². The second-order valence-electron chi connectivity index (χ2n) is 6.17. The summed E-state index contributed by atoms with van der Waals surface area (Å²) in [6, 6.07) is 11.6. The SMILES string of the molecule is COc1ccc(Cl)cc1NS(=O)(=O)c1ccc(NC(=O)c2ccc(Cl)cc2Cl)c(F)c1. The number of hydrogen-bond acceptors (Lipinski definition) is 4. The van der Waals surface area contributed by atoms with E-state index in [-0.39, 0.29) is 37.6 Å². The van der Waals surface area contributed by atoms with Gasteiger partial charge in [0.05, 0.1) is 34.0 Å². The first-order valence-electron chi connectivity index (χ1n) is 8.53. The molecule has 0 spiro atoms. The molecule has 0 aromatic heterocycles. The first-order chi connectivity index (χ1) is 14.6. The lowest BCUT2D eigenvalue weighted by Gasteiger charge is -2.13. The van der Waals surface area contributed by atoms with Gasteiger partial charge in [0.1, 0.15) is 11.6 Å². The summed E-state index contributed by atoms with van der Waals surface area (Å²) in [6.07, 6.45) is 0. The van der Waals surface area contributed by atoms with E-state index >= 15 is 0 Å². The van der Waals surface area contributed by atoms with Crippen LogP contribution in [0.5, 0.6) is 5.75 Å². The van der Waals surface area contributed by atoms with Gasteiger partial charge in [0, 0.05) is 10.0 Å². The zero-order valence-corrected chi connectivity index (χ0v) is 18.8. The van der Waals surface area contributed by atoms with Gasteiger partial charge in [0.25, 0.3) is 15.9 Å². The Labute approximate surface area is 192 Å². The van der Waals surface area contributed by atoms with Gasteiger partial charge in [-0.1, -0.05) is 34.8 Å². The molecule has 6 nitrogen and oxygen atoms in total. The van der Waals surface area contributed by atoms with Crippen LogP contribution in [0, 0.1) is 5.82 Å². The molecule has 3 aromatic carbocycles.